The number of ketones is 1. The summed E-state index contributed by atoms with van der Waals surface area (Å²) >= 11 is 0. The van der Waals surface area contributed by atoms with Gasteiger partial charge in [-0.1, -0.05) is 37.3 Å². The molecule has 136 valence electrons. The summed E-state index contributed by atoms with van der Waals surface area (Å²) in [6.07, 6.45) is 3.40. The van der Waals surface area contributed by atoms with E-state index >= 15 is 0 Å². The van der Waals surface area contributed by atoms with Crippen LogP contribution in [0.4, 0.5) is 0 Å². The number of hydrogen-bond donors (Lipinski definition) is 1. The average Bonchev–Trinajstić information content (AvgIpc) is 2.68. The van der Waals surface area contributed by atoms with Gasteiger partial charge in [0.15, 0.2) is 17.3 Å². The van der Waals surface area contributed by atoms with Crippen molar-refractivity contribution < 1.29 is 14.3 Å². The second-order valence-corrected chi connectivity index (χ2v) is 6.37. The Morgan fingerprint density at radius 2 is 1.85 bits per heavy atom. The molecule has 0 amide bonds. The van der Waals surface area contributed by atoms with Gasteiger partial charge in [-0.15, -0.1) is 0 Å². The van der Waals surface area contributed by atoms with E-state index in [-0.39, 0.29) is 11.7 Å². The second-order valence-electron chi connectivity index (χ2n) is 6.37. The highest BCUT2D eigenvalue weighted by atomic mass is 16.5. The molecule has 4 heteroatoms. The normalized spacial score (nSPS) is 15.7. The minimum Gasteiger partial charge on any atom is -0.493 e. The van der Waals surface area contributed by atoms with Crippen LogP contribution in [-0.4, -0.2) is 26.5 Å². The molecule has 4 nitrogen and oxygen atoms in total. The number of ether oxygens (including phenoxy) is 2. The minimum absolute atomic E-state index is 0.115. The van der Waals surface area contributed by atoms with E-state index in [4.69, 9.17) is 9.47 Å². The standard InChI is InChI=1S/C22H25NO3/c1-4-17(15-8-6-5-7-9-15)20(24)14-19-18-13-22(26-3)21(25-2)12-16(18)10-11-23-19/h5-9,12-14,17,23H,4,10-11H2,1-3H3. The summed E-state index contributed by atoms with van der Waals surface area (Å²) in [5, 5.41) is 3.37. The Balaban J connectivity index is 1.96. The highest BCUT2D eigenvalue weighted by molar-refractivity contribution is 6.01. The molecule has 0 bridgehead atoms. The number of nitrogens with one attached hydrogen (secondary N) is 1. The van der Waals surface area contributed by atoms with Crippen molar-refractivity contribution >= 4 is 11.5 Å². The molecule has 0 saturated carbocycles. The Labute approximate surface area is 154 Å². The van der Waals surface area contributed by atoms with Crippen LogP contribution in [0, 0.1) is 0 Å². The first kappa shape index (κ1) is 18.1. The van der Waals surface area contributed by atoms with Crippen molar-refractivity contribution in [2.24, 2.45) is 0 Å². The SMILES string of the molecule is CCC(C(=O)C=C1NCCc2cc(OC)c(OC)cc21)c1ccccc1. The fourth-order valence-electron chi connectivity index (χ4n) is 3.46. The topological polar surface area (TPSA) is 47.6 Å². The Hall–Kier alpha value is -2.75. The number of methoxy groups -OCH3 is 2. The third-order valence-corrected chi connectivity index (χ3v) is 4.85. The van der Waals surface area contributed by atoms with Crippen LogP contribution in [-0.2, 0) is 11.2 Å². The maximum absolute atomic E-state index is 13.0. The van der Waals surface area contributed by atoms with Crippen molar-refractivity contribution in [3.63, 3.8) is 0 Å². The van der Waals surface area contributed by atoms with E-state index in [0.29, 0.717) is 5.75 Å². The van der Waals surface area contributed by atoms with Crippen LogP contribution in [0.2, 0.25) is 0 Å². The van der Waals surface area contributed by atoms with Crippen molar-refractivity contribution in [3.8, 4) is 11.5 Å². The van der Waals surface area contributed by atoms with E-state index in [1.165, 1.54) is 0 Å². The molecule has 0 spiro atoms. The van der Waals surface area contributed by atoms with Gasteiger partial charge in [0.2, 0.25) is 0 Å². The molecule has 3 rings (SSSR count). The van der Waals surface area contributed by atoms with Gasteiger partial charge in [-0.25, -0.2) is 0 Å². The molecule has 0 aliphatic carbocycles. The number of rotatable bonds is 6. The molecule has 0 fully saturated rings. The molecule has 0 radical (unpaired) electrons. The van der Waals surface area contributed by atoms with Gasteiger partial charge in [0.25, 0.3) is 0 Å². The van der Waals surface area contributed by atoms with Crippen molar-refractivity contribution in [2.45, 2.75) is 25.7 Å². The van der Waals surface area contributed by atoms with Crippen LogP contribution < -0.4 is 14.8 Å². The first-order valence-corrected chi connectivity index (χ1v) is 8.97. The molecule has 1 N–H and O–H groups in total. The molecule has 0 aromatic heterocycles. The molecule has 26 heavy (non-hydrogen) atoms. The first-order chi connectivity index (χ1) is 12.7. The predicted octanol–water partition coefficient (Wildman–Crippen LogP) is 3.95. The van der Waals surface area contributed by atoms with Gasteiger partial charge in [0, 0.05) is 29.8 Å². The number of carbonyl (C=O) groups is 1. The zero-order valence-corrected chi connectivity index (χ0v) is 15.5. The number of benzene rings is 2. The van der Waals surface area contributed by atoms with Gasteiger partial charge in [0.05, 0.1) is 14.2 Å². The lowest BCUT2D eigenvalue weighted by atomic mass is 9.90. The molecule has 0 saturated heterocycles. The van der Waals surface area contributed by atoms with E-state index in [1.54, 1.807) is 20.3 Å². The van der Waals surface area contributed by atoms with Gasteiger partial charge < -0.3 is 14.8 Å². The molecular weight excluding hydrogens is 326 g/mol. The van der Waals surface area contributed by atoms with Crippen LogP contribution in [0.15, 0.2) is 48.5 Å². The fourth-order valence-corrected chi connectivity index (χ4v) is 3.46. The molecule has 1 atom stereocenters. The minimum atomic E-state index is -0.129. The van der Waals surface area contributed by atoms with Crippen LogP contribution in [0.1, 0.15) is 36.0 Å². The van der Waals surface area contributed by atoms with Crippen LogP contribution in [0.3, 0.4) is 0 Å². The van der Waals surface area contributed by atoms with Crippen molar-refractivity contribution in [1.29, 1.82) is 0 Å². The number of carbonyl (C=O) groups excluding carboxylic acids is 1. The maximum Gasteiger partial charge on any atom is 0.165 e. The molecular formula is C22H25NO3. The summed E-state index contributed by atoms with van der Waals surface area (Å²) < 4.78 is 10.8. The molecule has 2 aromatic rings. The molecule has 1 heterocycles. The van der Waals surface area contributed by atoms with E-state index < -0.39 is 0 Å². The predicted molar refractivity (Wildman–Crippen MR) is 104 cm³/mol. The summed E-state index contributed by atoms with van der Waals surface area (Å²) in [6, 6.07) is 13.9. The van der Waals surface area contributed by atoms with Gasteiger partial charge in [0.1, 0.15) is 0 Å². The quantitative estimate of drug-likeness (QED) is 0.801. The number of allylic oxidation sites excluding steroid dienone is 1. The monoisotopic (exact) mass is 351 g/mol. The molecule has 2 aromatic carbocycles. The van der Waals surface area contributed by atoms with Crippen LogP contribution in [0.25, 0.3) is 5.70 Å². The highest BCUT2D eigenvalue weighted by Crippen LogP contribution is 2.35. The number of hydrogen-bond acceptors (Lipinski definition) is 4. The van der Waals surface area contributed by atoms with Crippen LogP contribution >= 0.6 is 0 Å². The number of fused-ring (bicyclic) bond motifs is 1. The smallest absolute Gasteiger partial charge is 0.165 e. The zero-order chi connectivity index (χ0) is 18.5. The van der Waals surface area contributed by atoms with Gasteiger partial charge in [-0.2, -0.15) is 0 Å². The molecule has 1 aliphatic heterocycles. The lowest BCUT2D eigenvalue weighted by Gasteiger charge is -2.23. The summed E-state index contributed by atoms with van der Waals surface area (Å²) in [5.74, 6) is 1.37. The Kier molecular flexibility index (Phi) is 5.61. The molecule has 1 aliphatic rings. The average molecular weight is 351 g/mol. The summed E-state index contributed by atoms with van der Waals surface area (Å²) in [4.78, 5) is 13.0. The third kappa shape index (κ3) is 3.59. The zero-order valence-electron chi connectivity index (χ0n) is 15.5. The maximum atomic E-state index is 13.0. The van der Waals surface area contributed by atoms with Gasteiger partial charge in [-0.3, -0.25) is 4.79 Å². The fraction of sp³-hybridized carbons (Fsp3) is 0.318. The molecule has 1 unspecified atom stereocenters. The van der Waals surface area contributed by atoms with Crippen molar-refractivity contribution in [2.75, 3.05) is 20.8 Å². The summed E-state index contributed by atoms with van der Waals surface area (Å²) in [6.45, 7) is 2.84. The lowest BCUT2D eigenvalue weighted by Crippen LogP contribution is -2.24. The largest absolute Gasteiger partial charge is 0.493 e. The highest BCUT2D eigenvalue weighted by Gasteiger charge is 2.22. The summed E-state index contributed by atoms with van der Waals surface area (Å²) in [5.41, 5.74) is 4.07. The second kappa shape index (κ2) is 8.09. The van der Waals surface area contributed by atoms with E-state index in [1.807, 2.05) is 49.4 Å². The summed E-state index contributed by atoms with van der Waals surface area (Å²) in [7, 11) is 3.26. The van der Waals surface area contributed by atoms with Gasteiger partial charge in [-0.05, 0) is 36.1 Å². The first-order valence-electron chi connectivity index (χ1n) is 8.97. The lowest BCUT2D eigenvalue weighted by molar-refractivity contribution is -0.116. The Morgan fingerprint density at radius 1 is 1.15 bits per heavy atom. The Bertz CT molecular complexity index is 812. The van der Waals surface area contributed by atoms with Crippen molar-refractivity contribution in [1.82, 2.24) is 5.32 Å². The third-order valence-electron chi connectivity index (χ3n) is 4.85. The van der Waals surface area contributed by atoms with E-state index in [9.17, 15) is 4.79 Å². The Morgan fingerprint density at radius 3 is 2.50 bits per heavy atom. The van der Waals surface area contributed by atoms with Crippen molar-refractivity contribution in [3.05, 3.63) is 65.2 Å². The van der Waals surface area contributed by atoms with Gasteiger partial charge >= 0.3 is 0 Å². The van der Waals surface area contributed by atoms with E-state index in [2.05, 4.69) is 5.32 Å². The van der Waals surface area contributed by atoms with E-state index in [0.717, 1.165) is 47.5 Å². The van der Waals surface area contributed by atoms with Crippen LogP contribution in [0.5, 0.6) is 11.5 Å².